The van der Waals surface area contributed by atoms with Crippen LogP contribution in [0.2, 0.25) is 4.34 Å². The maximum absolute atomic E-state index is 12.4. The van der Waals surface area contributed by atoms with E-state index in [1.165, 1.54) is 11.3 Å². The number of hydrogen-bond donors (Lipinski definition) is 0. The number of aromatic nitrogens is 3. The van der Waals surface area contributed by atoms with Crippen LogP contribution in [0.15, 0.2) is 79.3 Å². The number of pyridine rings is 1. The highest BCUT2D eigenvalue weighted by Gasteiger charge is 2.12. The molecule has 4 nitrogen and oxygen atoms in total. The average Bonchev–Trinajstić information content (AvgIpc) is 3.34. The van der Waals surface area contributed by atoms with E-state index in [0.717, 1.165) is 22.5 Å². The Morgan fingerprint density at radius 1 is 1.07 bits per heavy atom. The Labute approximate surface area is 165 Å². The van der Waals surface area contributed by atoms with Crippen molar-refractivity contribution in [2.24, 2.45) is 0 Å². The number of para-hydroxylation sites is 1. The lowest BCUT2D eigenvalue weighted by Gasteiger charge is -1.99. The number of allylic oxidation sites excluding steroid dienone is 1. The van der Waals surface area contributed by atoms with Gasteiger partial charge in [-0.05, 0) is 48.6 Å². The maximum atomic E-state index is 12.4. The van der Waals surface area contributed by atoms with Crippen molar-refractivity contribution in [1.29, 1.82) is 0 Å². The summed E-state index contributed by atoms with van der Waals surface area (Å²) in [5.74, 6) is -0.0866. The SMILES string of the molecule is O=C(/C=C/c1cn(-c2ccccc2)nc1-c1cccnc1)c1ccc(Cl)s1. The molecule has 0 fully saturated rings. The molecule has 0 aliphatic rings. The van der Waals surface area contributed by atoms with Gasteiger partial charge in [0.1, 0.15) is 5.69 Å². The largest absolute Gasteiger partial charge is 0.288 e. The van der Waals surface area contributed by atoms with Crippen molar-refractivity contribution in [3.05, 3.63) is 94.0 Å². The molecule has 0 saturated heterocycles. The first kappa shape index (κ1) is 17.4. The minimum absolute atomic E-state index is 0.0866. The highest BCUT2D eigenvalue weighted by Crippen LogP contribution is 2.25. The zero-order valence-corrected chi connectivity index (χ0v) is 15.7. The van der Waals surface area contributed by atoms with E-state index < -0.39 is 0 Å². The van der Waals surface area contributed by atoms with Crippen LogP contribution in [0.4, 0.5) is 0 Å². The number of ketones is 1. The molecule has 0 saturated carbocycles. The summed E-state index contributed by atoms with van der Waals surface area (Å²) < 4.78 is 2.40. The van der Waals surface area contributed by atoms with E-state index in [1.54, 1.807) is 41.4 Å². The van der Waals surface area contributed by atoms with Crippen molar-refractivity contribution in [2.45, 2.75) is 0 Å². The summed E-state index contributed by atoms with van der Waals surface area (Å²) in [5.41, 5.74) is 3.43. The highest BCUT2D eigenvalue weighted by atomic mass is 35.5. The summed E-state index contributed by atoms with van der Waals surface area (Å²) >= 11 is 7.19. The minimum atomic E-state index is -0.0866. The van der Waals surface area contributed by atoms with Gasteiger partial charge < -0.3 is 0 Å². The van der Waals surface area contributed by atoms with Gasteiger partial charge in [-0.1, -0.05) is 29.8 Å². The second kappa shape index (κ2) is 7.70. The Morgan fingerprint density at radius 2 is 1.93 bits per heavy atom. The zero-order valence-electron chi connectivity index (χ0n) is 14.1. The standard InChI is InChI=1S/C21H14ClN3OS/c22-20-11-10-19(27-20)18(26)9-8-16-14-25(17-6-2-1-3-7-17)24-21(16)15-5-4-12-23-13-15/h1-14H/b9-8+. The number of carbonyl (C=O) groups excluding carboxylic acids is 1. The van der Waals surface area contributed by atoms with Crippen molar-refractivity contribution < 1.29 is 4.79 Å². The van der Waals surface area contributed by atoms with Crippen LogP contribution in [0.3, 0.4) is 0 Å². The van der Waals surface area contributed by atoms with Crippen molar-refractivity contribution in [2.75, 3.05) is 0 Å². The van der Waals surface area contributed by atoms with Crippen LogP contribution in [0.25, 0.3) is 23.0 Å². The molecule has 4 rings (SSSR count). The normalized spacial score (nSPS) is 11.1. The predicted molar refractivity (Wildman–Crippen MR) is 109 cm³/mol. The number of carbonyl (C=O) groups is 1. The molecule has 0 N–H and O–H groups in total. The van der Waals surface area contributed by atoms with Gasteiger partial charge in [-0.3, -0.25) is 9.78 Å². The third kappa shape index (κ3) is 3.89. The smallest absolute Gasteiger partial charge is 0.195 e. The van der Waals surface area contributed by atoms with Gasteiger partial charge in [-0.25, -0.2) is 4.68 Å². The van der Waals surface area contributed by atoms with Gasteiger partial charge in [-0.15, -0.1) is 11.3 Å². The molecule has 0 aliphatic heterocycles. The molecule has 0 radical (unpaired) electrons. The second-order valence-electron chi connectivity index (χ2n) is 5.76. The monoisotopic (exact) mass is 391 g/mol. The van der Waals surface area contributed by atoms with Crippen LogP contribution in [-0.2, 0) is 0 Å². The lowest BCUT2D eigenvalue weighted by Crippen LogP contribution is -1.94. The number of benzene rings is 1. The quantitative estimate of drug-likeness (QED) is 0.331. The molecule has 4 aromatic rings. The van der Waals surface area contributed by atoms with Gasteiger partial charge >= 0.3 is 0 Å². The molecular weight excluding hydrogens is 378 g/mol. The van der Waals surface area contributed by atoms with Crippen LogP contribution < -0.4 is 0 Å². The molecule has 0 aliphatic carbocycles. The molecule has 132 valence electrons. The first-order valence-electron chi connectivity index (χ1n) is 8.24. The number of rotatable bonds is 5. The van der Waals surface area contributed by atoms with E-state index in [-0.39, 0.29) is 5.78 Å². The fraction of sp³-hybridized carbons (Fsp3) is 0. The molecule has 0 spiro atoms. The van der Waals surface area contributed by atoms with Crippen LogP contribution in [0, 0.1) is 0 Å². The number of hydrogen-bond acceptors (Lipinski definition) is 4. The fourth-order valence-corrected chi connectivity index (χ4v) is 3.61. The Morgan fingerprint density at radius 3 is 2.63 bits per heavy atom. The summed E-state index contributed by atoms with van der Waals surface area (Å²) in [6, 6.07) is 17.1. The molecule has 0 atom stereocenters. The third-order valence-electron chi connectivity index (χ3n) is 3.93. The molecular formula is C21H14ClN3OS. The molecule has 0 amide bonds. The van der Waals surface area contributed by atoms with E-state index in [0.29, 0.717) is 9.21 Å². The van der Waals surface area contributed by atoms with Gasteiger partial charge in [0.25, 0.3) is 0 Å². The van der Waals surface area contributed by atoms with E-state index in [9.17, 15) is 4.79 Å². The van der Waals surface area contributed by atoms with Crippen molar-refractivity contribution >= 4 is 34.8 Å². The van der Waals surface area contributed by atoms with Crippen LogP contribution in [-0.4, -0.2) is 20.5 Å². The van der Waals surface area contributed by atoms with E-state index in [4.69, 9.17) is 16.7 Å². The second-order valence-corrected chi connectivity index (χ2v) is 7.47. The molecule has 3 aromatic heterocycles. The molecule has 6 heteroatoms. The molecule has 27 heavy (non-hydrogen) atoms. The van der Waals surface area contributed by atoms with Gasteiger partial charge in [-0.2, -0.15) is 5.10 Å². The molecule has 0 unspecified atom stereocenters. The summed E-state index contributed by atoms with van der Waals surface area (Å²) in [6.45, 7) is 0. The summed E-state index contributed by atoms with van der Waals surface area (Å²) in [5, 5.41) is 4.70. The average molecular weight is 392 g/mol. The Kier molecular flexibility index (Phi) is 4.96. The highest BCUT2D eigenvalue weighted by molar-refractivity contribution is 7.18. The first-order valence-corrected chi connectivity index (χ1v) is 9.43. The molecule has 0 bridgehead atoms. The van der Waals surface area contributed by atoms with Crippen LogP contribution >= 0.6 is 22.9 Å². The third-order valence-corrected chi connectivity index (χ3v) is 5.17. The van der Waals surface area contributed by atoms with Crippen molar-refractivity contribution in [3.63, 3.8) is 0 Å². The van der Waals surface area contributed by atoms with E-state index >= 15 is 0 Å². The minimum Gasteiger partial charge on any atom is -0.288 e. The van der Waals surface area contributed by atoms with Gasteiger partial charge in [0.05, 0.1) is 14.9 Å². The summed E-state index contributed by atoms with van der Waals surface area (Å²) in [6.07, 6.45) is 8.72. The fourth-order valence-electron chi connectivity index (χ4n) is 2.64. The van der Waals surface area contributed by atoms with Crippen molar-refractivity contribution in [3.8, 4) is 16.9 Å². The van der Waals surface area contributed by atoms with Crippen molar-refractivity contribution in [1.82, 2.24) is 14.8 Å². The Hall–Kier alpha value is -3.02. The predicted octanol–water partition coefficient (Wildman–Crippen LogP) is 5.55. The van der Waals surface area contributed by atoms with Gasteiger partial charge in [0, 0.05) is 29.7 Å². The van der Waals surface area contributed by atoms with Crippen LogP contribution in [0.5, 0.6) is 0 Å². The first-order chi connectivity index (χ1) is 13.2. The number of nitrogens with zero attached hydrogens (tertiary/aromatic N) is 3. The molecule has 1 aromatic carbocycles. The summed E-state index contributed by atoms with van der Waals surface area (Å²) in [4.78, 5) is 17.2. The summed E-state index contributed by atoms with van der Waals surface area (Å²) in [7, 11) is 0. The Balaban J connectivity index is 1.73. The van der Waals surface area contributed by atoms with E-state index in [1.807, 2.05) is 48.7 Å². The van der Waals surface area contributed by atoms with Crippen LogP contribution in [0.1, 0.15) is 15.2 Å². The maximum Gasteiger partial charge on any atom is 0.195 e. The topological polar surface area (TPSA) is 47.8 Å². The Bertz CT molecular complexity index is 1100. The van der Waals surface area contributed by atoms with Gasteiger partial charge in [0.2, 0.25) is 0 Å². The molecule has 3 heterocycles. The lowest BCUT2D eigenvalue weighted by atomic mass is 10.1. The zero-order chi connectivity index (χ0) is 18.6. The van der Waals surface area contributed by atoms with Gasteiger partial charge in [0.15, 0.2) is 5.78 Å². The number of halogens is 1. The van der Waals surface area contributed by atoms with E-state index in [2.05, 4.69) is 4.98 Å². The number of thiophene rings is 1. The lowest BCUT2D eigenvalue weighted by molar-refractivity contribution is 0.105.